The molecule has 0 aliphatic carbocycles. The van der Waals surface area contributed by atoms with Gasteiger partial charge in [-0.2, -0.15) is 15.0 Å². The highest BCUT2D eigenvalue weighted by Gasteiger charge is 2.20. The third-order valence-electron chi connectivity index (χ3n) is 3.56. The zero-order valence-corrected chi connectivity index (χ0v) is 15.1. The van der Waals surface area contributed by atoms with Crippen LogP contribution in [0.1, 0.15) is 17.3 Å². The van der Waals surface area contributed by atoms with Crippen molar-refractivity contribution >= 4 is 17.9 Å². The van der Waals surface area contributed by atoms with Gasteiger partial charge in [0.1, 0.15) is 17.2 Å². The molecule has 0 saturated heterocycles. The topological polar surface area (TPSA) is 106 Å². The van der Waals surface area contributed by atoms with Gasteiger partial charge in [-0.15, -0.1) is 0 Å². The summed E-state index contributed by atoms with van der Waals surface area (Å²) in [4.78, 5) is 36.3. The quantitative estimate of drug-likeness (QED) is 0.683. The van der Waals surface area contributed by atoms with Crippen molar-refractivity contribution in [2.45, 2.75) is 6.92 Å². The van der Waals surface area contributed by atoms with Gasteiger partial charge in [-0.05, 0) is 19.1 Å². The van der Waals surface area contributed by atoms with Gasteiger partial charge in [0.25, 0.3) is 5.91 Å². The molecule has 0 spiro atoms. The second kappa shape index (κ2) is 8.83. The summed E-state index contributed by atoms with van der Waals surface area (Å²) < 4.78 is 32.6. The number of hydrogen-bond acceptors (Lipinski definition) is 6. The average molecular weight is 399 g/mol. The fourth-order valence-corrected chi connectivity index (χ4v) is 2.34. The minimum Gasteiger partial charge on any atom is -0.464 e. The van der Waals surface area contributed by atoms with E-state index in [0.29, 0.717) is 5.56 Å². The number of nitrogens with zero attached hydrogens (tertiary/aromatic N) is 3. The Morgan fingerprint density at radius 3 is 2.31 bits per heavy atom. The fraction of sp³-hybridized carbons (Fsp3) is 0.105. The molecule has 1 aromatic heterocycles. The average Bonchev–Trinajstić information content (AvgIpc) is 2.68. The summed E-state index contributed by atoms with van der Waals surface area (Å²) in [5.74, 6) is -3.42. The smallest absolute Gasteiger partial charge is 0.328 e. The second-order valence-corrected chi connectivity index (χ2v) is 5.57. The molecular formula is C19H15F2N5O3. The normalized spacial score (nSPS) is 10.3. The van der Waals surface area contributed by atoms with Crippen molar-refractivity contribution in [1.29, 1.82) is 0 Å². The zero-order valence-electron chi connectivity index (χ0n) is 15.1. The molecule has 0 atom stereocenters. The van der Waals surface area contributed by atoms with Crippen LogP contribution < -0.4 is 15.4 Å². The van der Waals surface area contributed by atoms with Crippen LogP contribution in [0.15, 0.2) is 48.5 Å². The first kappa shape index (κ1) is 19.8. The standard InChI is InChI=1S/C19H15F2N5O3/c1-2-29-19-23-15(11-7-4-3-5-8-11)22-17(26-19)25-18(28)24-16(27)14-12(20)9-6-10-13(14)21/h3-10H,2H2,1H3,(H2,22,23,24,25,26,27,28). The Kier molecular flexibility index (Phi) is 6.03. The van der Waals surface area contributed by atoms with Crippen LogP contribution in [-0.2, 0) is 0 Å². The number of urea groups is 1. The minimum atomic E-state index is -1.25. The van der Waals surface area contributed by atoms with Gasteiger partial charge >= 0.3 is 12.0 Å². The summed E-state index contributed by atoms with van der Waals surface area (Å²) in [6.45, 7) is 2.00. The maximum absolute atomic E-state index is 13.7. The molecule has 0 radical (unpaired) electrons. The SMILES string of the molecule is CCOc1nc(NC(=O)NC(=O)c2c(F)cccc2F)nc(-c2ccccc2)n1. The fourth-order valence-electron chi connectivity index (χ4n) is 2.34. The van der Waals surface area contributed by atoms with Gasteiger partial charge in [0.2, 0.25) is 5.95 Å². The molecule has 0 saturated carbocycles. The lowest BCUT2D eigenvalue weighted by atomic mass is 10.2. The molecule has 2 N–H and O–H groups in total. The van der Waals surface area contributed by atoms with E-state index in [1.165, 1.54) is 0 Å². The molecule has 0 bridgehead atoms. The number of carbonyl (C=O) groups excluding carboxylic acids is 2. The number of aromatic nitrogens is 3. The van der Waals surface area contributed by atoms with Crippen molar-refractivity contribution in [1.82, 2.24) is 20.3 Å². The molecule has 0 aliphatic rings. The van der Waals surface area contributed by atoms with Gasteiger partial charge in [-0.25, -0.2) is 13.6 Å². The maximum Gasteiger partial charge on any atom is 0.328 e. The van der Waals surface area contributed by atoms with Crippen LogP contribution in [0, 0.1) is 11.6 Å². The Morgan fingerprint density at radius 1 is 0.966 bits per heavy atom. The number of anilines is 1. The lowest BCUT2D eigenvalue weighted by molar-refractivity contribution is 0.0959. The number of hydrogen-bond donors (Lipinski definition) is 2. The summed E-state index contributed by atoms with van der Waals surface area (Å²) in [6.07, 6.45) is 0. The van der Waals surface area contributed by atoms with Crippen molar-refractivity contribution in [3.63, 3.8) is 0 Å². The van der Waals surface area contributed by atoms with Crippen LogP contribution in [0.5, 0.6) is 6.01 Å². The first-order valence-corrected chi connectivity index (χ1v) is 8.48. The molecule has 0 aliphatic heterocycles. The number of imide groups is 1. The van der Waals surface area contributed by atoms with E-state index in [9.17, 15) is 18.4 Å². The van der Waals surface area contributed by atoms with Crippen molar-refractivity contribution in [2.75, 3.05) is 11.9 Å². The van der Waals surface area contributed by atoms with Crippen molar-refractivity contribution in [2.24, 2.45) is 0 Å². The van der Waals surface area contributed by atoms with Crippen LogP contribution in [0.25, 0.3) is 11.4 Å². The molecule has 29 heavy (non-hydrogen) atoms. The van der Waals surface area contributed by atoms with Gasteiger partial charge < -0.3 is 4.74 Å². The summed E-state index contributed by atoms with van der Waals surface area (Å²) >= 11 is 0. The Labute approximate surface area is 164 Å². The molecule has 3 aromatic rings. The van der Waals surface area contributed by atoms with Crippen LogP contribution in [0.3, 0.4) is 0 Å². The third-order valence-corrected chi connectivity index (χ3v) is 3.56. The van der Waals surface area contributed by atoms with Crippen LogP contribution >= 0.6 is 0 Å². The highest BCUT2D eigenvalue weighted by atomic mass is 19.1. The van der Waals surface area contributed by atoms with Crippen LogP contribution in [0.2, 0.25) is 0 Å². The molecule has 3 rings (SSSR count). The van der Waals surface area contributed by atoms with Gasteiger partial charge in [0.05, 0.1) is 6.61 Å². The number of amides is 3. The second-order valence-electron chi connectivity index (χ2n) is 5.57. The predicted octanol–water partition coefficient (Wildman–Crippen LogP) is 3.18. The van der Waals surface area contributed by atoms with Crippen molar-refractivity contribution < 1.29 is 23.1 Å². The Hall–Kier alpha value is -3.95. The highest BCUT2D eigenvalue weighted by Crippen LogP contribution is 2.18. The Bertz CT molecular complexity index is 1030. The third kappa shape index (κ3) is 4.86. The summed E-state index contributed by atoms with van der Waals surface area (Å²) in [6, 6.07) is 10.7. The molecule has 10 heteroatoms. The summed E-state index contributed by atoms with van der Waals surface area (Å²) in [5, 5.41) is 4.06. The van der Waals surface area contributed by atoms with Crippen molar-refractivity contribution in [3.8, 4) is 17.4 Å². The molecule has 0 fully saturated rings. The van der Waals surface area contributed by atoms with E-state index in [1.54, 1.807) is 31.2 Å². The van der Waals surface area contributed by atoms with E-state index < -0.39 is 29.1 Å². The number of ether oxygens (including phenoxy) is 1. The molecule has 148 valence electrons. The number of rotatable bonds is 5. The Balaban J connectivity index is 1.81. The molecule has 3 amide bonds. The number of nitrogens with one attached hydrogen (secondary N) is 2. The Morgan fingerprint density at radius 2 is 1.66 bits per heavy atom. The number of benzene rings is 2. The predicted molar refractivity (Wildman–Crippen MR) is 99.3 cm³/mol. The van der Waals surface area contributed by atoms with E-state index >= 15 is 0 Å². The van der Waals surface area contributed by atoms with E-state index in [1.807, 2.05) is 11.4 Å². The maximum atomic E-state index is 13.7. The molecule has 2 aromatic carbocycles. The van der Waals surface area contributed by atoms with Gasteiger partial charge in [-0.1, -0.05) is 36.4 Å². The van der Waals surface area contributed by atoms with E-state index in [2.05, 4.69) is 20.3 Å². The zero-order chi connectivity index (χ0) is 20.8. The van der Waals surface area contributed by atoms with Gasteiger partial charge in [0.15, 0.2) is 5.82 Å². The van der Waals surface area contributed by atoms with Crippen molar-refractivity contribution in [3.05, 3.63) is 65.7 Å². The number of carbonyl (C=O) groups is 2. The van der Waals surface area contributed by atoms with Gasteiger partial charge in [-0.3, -0.25) is 15.4 Å². The molecule has 8 nitrogen and oxygen atoms in total. The van der Waals surface area contributed by atoms with E-state index in [0.717, 1.165) is 18.2 Å². The monoisotopic (exact) mass is 399 g/mol. The van der Waals surface area contributed by atoms with Gasteiger partial charge in [0, 0.05) is 5.56 Å². The molecular weight excluding hydrogens is 384 g/mol. The first-order valence-electron chi connectivity index (χ1n) is 8.48. The van der Waals surface area contributed by atoms with Crippen LogP contribution in [0.4, 0.5) is 19.5 Å². The largest absolute Gasteiger partial charge is 0.464 e. The lowest BCUT2D eigenvalue weighted by Gasteiger charge is -2.09. The first-order chi connectivity index (χ1) is 14.0. The van der Waals surface area contributed by atoms with Crippen LogP contribution in [-0.4, -0.2) is 33.5 Å². The summed E-state index contributed by atoms with van der Waals surface area (Å²) in [5.41, 5.74) is -0.234. The lowest BCUT2D eigenvalue weighted by Crippen LogP contribution is -2.36. The minimum absolute atomic E-state index is 0.0388. The highest BCUT2D eigenvalue weighted by molar-refractivity contribution is 6.07. The number of halogens is 2. The summed E-state index contributed by atoms with van der Waals surface area (Å²) in [7, 11) is 0. The van der Waals surface area contributed by atoms with E-state index in [-0.39, 0.29) is 24.4 Å². The van der Waals surface area contributed by atoms with E-state index in [4.69, 9.17) is 4.74 Å². The molecule has 0 unspecified atom stereocenters. The molecule has 1 heterocycles.